The third-order valence-corrected chi connectivity index (χ3v) is 2.74. The predicted octanol–water partition coefficient (Wildman–Crippen LogP) is 0.274. The maximum Gasteiger partial charge on any atom is 0.213 e. The summed E-state index contributed by atoms with van der Waals surface area (Å²) in [6.45, 7) is 3.10. The second-order valence-electron chi connectivity index (χ2n) is 3.75. The van der Waals surface area contributed by atoms with E-state index in [1.807, 2.05) is 0 Å². The van der Waals surface area contributed by atoms with Crippen molar-refractivity contribution in [3.05, 3.63) is 12.2 Å². The molecule has 0 radical (unpaired) electrons. The van der Waals surface area contributed by atoms with Crippen LogP contribution in [-0.4, -0.2) is 39.8 Å². The van der Waals surface area contributed by atoms with Crippen molar-refractivity contribution in [2.24, 2.45) is 5.92 Å². The van der Waals surface area contributed by atoms with E-state index >= 15 is 0 Å². The molecule has 2 rings (SSSR count). The summed E-state index contributed by atoms with van der Waals surface area (Å²) >= 11 is 0. The summed E-state index contributed by atoms with van der Waals surface area (Å²) in [5.41, 5.74) is 0. The Hall–Kier alpha value is -0.940. The molecular weight excluding hydrogens is 182 g/mol. The molecule has 14 heavy (non-hydrogen) atoms. The third-order valence-electron chi connectivity index (χ3n) is 2.74. The van der Waals surface area contributed by atoms with Crippen LogP contribution in [0.3, 0.4) is 0 Å². The smallest absolute Gasteiger partial charge is 0.213 e. The Balaban J connectivity index is 1.79. The minimum absolute atomic E-state index is 0.316. The summed E-state index contributed by atoms with van der Waals surface area (Å²) in [7, 11) is 0. The predicted molar refractivity (Wildman–Crippen MR) is 49.4 cm³/mol. The minimum atomic E-state index is 0.316. The van der Waals surface area contributed by atoms with Gasteiger partial charge in [0.1, 0.15) is 0 Å². The first kappa shape index (κ1) is 9.61. The molecule has 2 heterocycles. The zero-order chi connectivity index (χ0) is 9.80. The number of rotatable bonds is 3. The van der Waals surface area contributed by atoms with Crippen molar-refractivity contribution in [2.75, 3.05) is 19.7 Å². The van der Waals surface area contributed by atoms with Gasteiger partial charge in [0.05, 0.1) is 6.54 Å². The molecule has 1 aromatic rings. The van der Waals surface area contributed by atoms with E-state index in [-0.39, 0.29) is 0 Å². The lowest BCUT2D eigenvalue weighted by atomic mass is 9.98. The highest BCUT2D eigenvalue weighted by Crippen LogP contribution is 2.17. The lowest BCUT2D eigenvalue weighted by Crippen LogP contribution is -2.34. The van der Waals surface area contributed by atoms with Crippen molar-refractivity contribution in [3.8, 4) is 0 Å². The van der Waals surface area contributed by atoms with Gasteiger partial charge < -0.3 is 9.63 Å². The van der Waals surface area contributed by atoms with E-state index in [9.17, 15) is 0 Å². The Morgan fingerprint density at radius 1 is 1.50 bits per heavy atom. The van der Waals surface area contributed by atoms with E-state index in [1.165, 1.54) is 6.39 Å². The summed E-state index contributed by atoms with van der Waals surface area (Å²) < 4.78 is 4.67. The number of hydrogen-bond donors (Lipinski definition) is 1. The summed E-state index contributed by atoms with van der Waals surface area (Å²) in [6.07, 6.45) is 3.48. The molecule has 0 amide bonds. The Labute approximate surface area is 82.7 Å². The van der Waals surface area contributed by atoms with Gasteiger partial charge in [-0.25, -0.2) is 0 Å². The number of aliphatic hydroxyl groups is 1. The highest BCUT2D eigenvalue weighted by atomic mass is 16.5. The van der Waals surface area contributed by atoms with Crippen LogP contribution >= 0.6 is 0 Å². The molecule has 1 aliphatic rings. The zero-order valence-electron chi connectivity index (χ0n) is 8.09. The van der Waals surface area contributed by atoms with Gasteiger partial charge in [-0.2, -0.15) is 4.98 Å². The van der Waals surface area contributed by atoms with E-state index in [1.54, 1.807) is 0 Å². The number of likely N-dealkylation sites (tertiary alicyclic amines) is 1. The fraction of sp³-hybridized carbons (Fsp3) is 0.778. The zero-order valence-corrected chi connectivity index (χ0v) is 8.09. The number of nitrogens with zero attached hydrogens (tertiary/aromatic N) is 3. The Bertz CT molecular complexity index is 255. The number of aliphatic hydroxyl groups excluding tert-OH is 1. The van der Waals surface area contributed by atoms with Crippen molar-refractivity contribution in [1.82, 2.24) is 15.0 Å². The second kappa shape index (κ2) is 4.52. The number of aromatic nitrogens is 2. The largest absolute Gasteiger partial charge is 0.396 e. The lowest BCUT2D eigenvalue weighted by Gasteiger charge is -2.29. The van der Waals surface area contributed by atoms with E-state index < -0.39 is 0 Å². The molecule has 0 saturated carbocycles. The SMILES string of the molecule is OCC1CCN(Cc2ncon2)CC1. The average molecular weight is 197 g/mol. The van der Waals surface area contributed by atoms with Crippen molar-refractivity contribution in [2.45, 2.75) is 19.4 Å². The maximum absolute atomic E-state index is 8.98. The standard InChI is InChI=1S/C9H15N3O2/c13-6-8-1-3-12(4-2-8)5-9-10-7-14-11-9/h7-8,13H,1-6H2. The van der Waals surface area contributed by atoms with Gasteiger partial charge in [0, 0.05) is 6.61 Å². The number of piperidine rings is 1. The molecular formula is C9H15N3O2. The van der Waals surface area contributed by atoms with Gasteiger partial charge >= 0.3 is 0 Å². The minimum Gasteiger partial charge on any atom is -0.396 e. The average Bonchev–Trinajstić information content (AvgIpc) is 2.72. The van der Waals surface area contributed by atoms with Crippen LogP contribution in [0.1, 0.15) is 18.7 Å². The molecule has 1 aromatic heterocycles. The fourth-order valence-corrected chi connectivity index (χ4v) is 1.79. The summed E-state index contributed by atoms with van der Waals surface area (Å²) in [5, 5.41) is 12.7. The van der Waals surface area contributed by atoms with Crippen LogP contribution in [-0.2, 0) is 6.54 Å². The topological polar surface area (TPSA) is 62.4 Å². The molecule has 0 aromatic carbocycles. The van der Waals surface area contributed by atoms with Crippen LogP contribution in [0.5, 0.6) is 0 Å². The normalized spacial score (nSPS) is 20.1. The van der Waals surface area contributed by atoms with Gasteiger partial charge in [-0.3, -0.25) is 4.90 Å². The molecule has 0 spiro atoms. The highest BCUT2D eigenvalue weighted by Gasteiger charge is 2.19. The summed E-state index contributed by atoms with van der Waals surface area (Å²) in [4.78, 5) is 6.27. The highest BCUT2D eigenvalue weighted by molar-refractivity contribution is 4.80. The van der Waals surface area contributed by atoms with Crippen LogP contribution in [0.4, 0.5) is 0 Å². The quantitative estimate of drug-likeness (QED) is 0.753. The Kier molecular flexibility index (Phi) is 3.10. The van der Waals surface area contributed by atoms with Gasteiger partial charge in [0.2, 0.25) is 6.39 Å². The molecule has 1 fully saturated rings. The van der Waals surface area contributed by atoms with Gasteiger partial charge in [-0.1, -0.05) is 5.16 Å². The molecule has 5 nitrogen and oxygen atoms in total. The molecule has 78 valence electrons. The van der Waals surface area contributed by atoms with Crippen molar-refractivity contribution < 1.29 is 9.63 Å². The van der Waals surface area contributed by atoms with E-state index in [0.717, 1.165) is 38.3 Å². The summed E-state index contributed by atoms with van der Waals surface area (Å²) in [5.74, 6) is 1.23. The fourth-order valence-electron chi connectivity index (χ4n) is 1.79. The Morgan fingerprint density at radius 2 is 2.29 bits per heavy atom. The maximum atomic E-state index is 8.98. The van der Waals surface area contributed by atoms with Crippen molar-refractivity contribution in [1.29, 1.82) is 0 Å². The molecule has 0 unspecified atom stereocenters. The first-order valence-electron chi connectivity index (χ1n) is 4.97. The van der Waals surface area contributed by atoms with Gasteiger partial charge in [-0.15, -0.1) is 0 Å². The molecule has 1 saturated heterocycles. The molecule has 1 N–H and O–H groups in total. The van der Waals surface area contributed by atoms with E-state index in [0.29, 0.717) is 12.5 Å². The lowest BCUT2D eigenvalue weighted by molar-refractivity contribution is 0.125. The number of hydrogen-bond acceptors (Lipinski definition) is 5. The second-order valence-corrected chi connectivity index (χ2v) is 3.75. The third kappa shape index (κ3) is 2.30. The van der Waals surface area contributed by atoms with Crippen LogP contribution in [0.2, 0.25) is 0 Å². The van der Waals surface area contributed by atoms with Crippen LogP contribution in [0.25, 0.3) is 0 Å². The molecule has 0 aliphatic carbocycles. The molecule has 1 aliphatic heterocycles. The van der Waals surface area contributed by atoms with Crippen LogP contribution in [0, 0.1) is 5.92 Å². The van der Waals surface area contributed by atoms with Gasteiger partial charge in [0.25, 0.3) is 0 Å². The first-order valence-corrected chi connectivity index (χ1v) is 4.97. The van der Waals surface area contributed by atoms with Crippen LogP contribution < -0.4 is 0 Å². The van der Waals surface area contributed by atoms with Gasteiger partial charge in [0.15, 0.2) is 5.82 Å². The first-order chi connectivity index (χ1) is 6.88. The molecule has 5 heteroatoms. The monoisotopic (exact) mass is 197 g/mol. The van der Waals surface area contributed by atoms with E-state index in [4.69, 9.17) is 5.11 Å². The van der Waals surface area contributed by atoms with Crippen molar-refractivity contribution in [3.63, 3.8) is 0 Å². The van der Waals surface area contributed by atoms with Crippen molar-refractivity contribution >= 4 is 0 Å². The Morgan fingerprint density at radius 3 is 2.86 bits per heavy atom. The van der Waals surface area contributed by atoms with Gasteiger partial charge in [-0.05, 0) is 31.8 Å². The summed E-state index contributed by atoms with van der Waals surface area (Å²) in [6, 6.07) is 0. The van der Waals surface area contributed by atoms with E-state index in [2.05, 4.69) is 19.6 Å². The molecule has 0 bridgehead atoms. The molecule has 0 atom stereocenters. The van der Waals surface area contributed by atoms with Crippen LogP contribution in [0.15, 0.2) is 10.9 Å².